The van der Waals surface area contributed by atoms with E-state index < -0.39 is 0 Å². The number of thioether (sulfide) groups is 1. The second-order valence-electron chi connectivity index (χ2n) is 5.52. The molecule has 0 aliphatic carbocycles. The highest BCUT2D eigenvalue weighted by Gasteiger charge is 2.13. The van der Waals surface area contributed by atoms with Crippen molar-refractivity contribution in [3.63, 3.8) is 0 Å². The smallest absolute Gasteiger partial charge is 0.277 e. The molecule has 0 amide bonds. The Morgan fingerprint density at radius 3 is 2.81 bits per heavy atom. The molecule has 0 saturated carbocycles. The predicted molar refractivity (Wildman–Crippen MR) is 111 cm³/mol. The first-order valence-electron chi connectivity index (χ1n) is 8.03. The normalized spacial score (nSPS) is 10.9. The van der Waals surface area contributed by atoms with Crippen molar-refractivity contribution in [2.75, 3.05) is 7.11 Å². The van der Waals surface area contributed by atoms with E-state index in [1.807, 2.05) is 53.9 Å². The van der Waals surface area contributed by atoms with Crippen molar-refractivity contribution in [3.8, 4) is 27.8 Å². The molecule has 0 aliphatic heterocycles. The molecule has 0 unspecified atom stereocenters. The summed E-state index contributed by atoms with van der Waals surface area (Å²) in [7, 11) is 1.66. The second kappa shape index (κ2) is 8.24. The summed E-state index contributed by atoms with van der Waals surface area (Å²) in [5.74, 6) is 1.98. The lowest BCUT2D eigenvalue weighted by Crippen LogP contribution is -1.88. The van der Waals surface area contributed by atoms with Crippen LogP contribution in [0.2, 0.25) is 0 Å². The van der Waals surface area contributed by atoms with Crippen LogP contribution >= 0.6 is 39.0 Å². The van der Waals surface area contributed by atoms with Gasteiger partial charge in [-0.2, -0.15) is 0 Å². The minimum Gasteiger partial charge on any atom is -0.496 e. The molecule has 4 aromatic rings. The summed E-state index contributed by atoms with van der Waals surface area (Å²) in [6, 6.07) is 15.6. The quantitative estimate of drug-likeness (QED) is 0.333. The highest BCUT2D eigenvalue weighted by atomic mass is 79.9. The van der Waals surface area contributed by atoms with Gasteiger partial charge in [0.15, 0.2) is 0 Å². The van der Waals surface area contributed by atoms with Crippen molar-refractivity contribution < 1.29 is 9.15 Å². The second-order valence-corrected chi connectivity index (χ2v) is 8.22. The van der Waals surface area contributed by atoms with Gasteiger partial charge < -0.3 is 9.15 Å². The van der Waals surface area contributed by atoms with Crippen LogP contribution in [0.5, 0.6) is 5.75 Å². The summed E-state index contributed by atoms with van der Waals surface area (Å²) in [5.41, 5.74) is 2.84. The number of aromatic nitrogens is 3. The van der Waals surface area contributed by atoms with Gasteiger partial charge in [-0.15, -0.1) is 21.5 Å². The lowest BCUT2D eigenvalue weighted by atomic mass is 10.2. The van der Waals surface area contributed by atoms with E-state index in [0.717, 1.165) is 32.1 Å². The largest absolute Gasteiger partial charge is 0.496 e. The number of halogens is 1. The van der Waals surface area contributed by atoms with Gasteiger partial charge in [0.2, 0.25) is 5.89 Å². The molecule has 0 spiro atoms. The van der Waals surface area contributed by atoms with Crippen LogP contribution in [0.15, 0.2) is 68.0 Å². The zero-order valence-electron chi connectivity index (χ0n) is 14.3. The highest BCUT2D eigenvalue weighted by Crippen LogP contribution is 2.35. The monoisotopic (exact) mass is 459 g/mol. The van der Waals surface area contributed by atoms with Crippen molar-refractivity contribution >= 4 is 39.0 Å². The third kappa shape index (κ3) is 4.23. The van der Waals surface area contributed by atoms with Crippen molar-refractivity contribution in [3.05, 3.63) is 64.1 Å². The lowest BCUT2D eigenvalue weighted by Gasteiger charge is -2.06. The highest BCUT2D eigenvalue weighted by molar-refractivity contribution is 9.10. The number of nitrogens with zero attached hydrogens (tertiary/aromatic N) is 3. The summed E-state index contributed by atoms with van der Waals surface area (Å²) in [6.45, 7) is 0. The first kappa shape index (κ1) is 18.2. The minimum absolute atomic E-state index is 0.524. The molecule has 0 aliphatic rings. The fourth-order valence-electron chi connectivity index (χ4n) is 2.45. The molecule has 0 bridgehead atoms. The van der Waals surface area contributed by atoms with Crippen LogP contribution in [0.3, 0.4) is 0 Å². The van der Waals surface area contributed by atoms with Crippen LogP contribution in [-0.2, 0) is 5.75 Å². The molecule has 8 heteroatoms. The molecule has 4 rings (SSSR count). The summed E-state index contributed by atoms with van der Waals surface area (Å²) in [4.78, 5) is 4.72. The molecule has 5 nitrogen and oxygen atoms in total. The topological polar surface area (TPSA) is 61.0 Å². The van der Waals surface area contributed by atoms with Gasteiger partial charge in [-0.3, -0.25) is 0 Å². The van der Waals surface area contributed by atoms with Crippen LogP contribution in [0.25, 0.3) is 22.0 Å². The van der Waals surface area contributed by atoms with E-state index in [1.54, 1.807) is 18.4 Å². The molecule has 0 saturated heterocycles. The van der Waals surface area contributed by atoms with Gasteiger partial charge in [0.25, 0.3) is 5.22 Å². The molecule has 0 N–H and O–H groups in total. The number of thiazole rings is 1. The van der Waals surface area contributed by atoms with Crippen LogP contribution in [0.1, 0.15) is 5.69 Å². The average molecular weight is 460 g/mol. The Morgan fingerprint density at radius 2 is 2.00 bits per heavy atom. The van der Waals surface area contributed by atoms with Gasteiger partial charge in [0, 0.05) is 21.2 Å². The van der Waals surface area contributed by atoms with E-state index in [2.05, 4.69) is 26.1 Å². The van der Waals surface area contributed by atoms with E-state index in [1.165, 1.54) is 11.8 Å². The van der Waals surface area contributed by atoms with E-state index >= 15 is 0 Å². The van der Waals surface area contributed by atoms with Crippen molar-refractivity contribution in [2.24, 2.45) is 0 Å². The van der Waals surface area contributed by atoms with Crippen LogP contribution < -0.4 is 4.74 Å². The van der Waals surface area contributed by atoms with Gasteiger partial charge in [-0.1, -0.05) is 45.9 Å². The van der Waals surface area contributed by atoms with E-state index in [4.69, 9.17) is 14.1 Å². The maximum atomic E-state index is 5.73. The van der Waals surface area contributed by atoms with Gasteiger partial charge in [0.1, 0.15) is 10.8 Å². The SMILES string of the molecule is COc1ccc(Br)cc1-c1nc(CSc2nnc(-c3ccccc3)o2)cs1. The Labute approximate surface area is 172 Å². The lowest BCUT2D eigenvalue weighted by molar-refractivity contribution is 0.416. The maximum Gasteiger partial charge on any atom is 0.277 e. The van der Waals surface area contributed by atoms with Crippen LogP contribution in [0.4, 0.5) is 0 Å². The summed E-state index contributed by atoms with van der Waals surface area (Å²) in [5, 5.41) is 11.7. The number of ether oxygens (including phenoxy) is 1. The minimum atomic E-state index is 0.524. The van der Waals surface area contributed by atoms with Crippen molar-refractivity contribution in [1.29, 1.82) is 0 Å². The third-order valence-electron chi connectivity index (χ3n) is 3.71. The maximum absolute atomic E-state index is 5.73. The summed E-state index contributed by atoms with van der Waals surface area (Å²) in [6.07, 6.45) is 0. The van der Waals surface area contributed by atoms with Crippen LogP contribution in [0, 0.1) is 0 Å². The van der Waals surface area contributed by atoms with E-state index in [0.29, 0.717) is 16.9 Å². The molecule has 27 heavy (non-hydrogen) atoms. The summed E-state index contributed by atoms with van der Waals surface area (Å²) < 4.78 is 12.2. The van der Waals surface area contributed by atoms with Gasteiger partial charge in [-0.25, -0.2) is 4.98 Å². The standard InChI is InChI=1S/C19H14BrN3O2S2/c1-24-16-8-7-13(20)9-15(16)18-21-14(10-26-18)11-27-19-23-22-17(25-19)12-5-3-2-4-6-12/h2-10H,11H2,1H3. The van der Waals surface area contributed by atoms with Crippen LogP contribution in [-0.4, -0.2) is 22.3 Å². The van der Waals surface area contributed by atoms with Crippen molar-refractivity contribution in [1.82, 2.24) is 15.2 Å². The van der Waals surface area contributed by atoms with E-state index in [9.17, 15) is 0 Å². The Kier molecular flexibility index (Phi) is 5.56. The number of hydrogen-bond donors (Lipinski definition) is 0. The molecular formula is C19H14BrN3O2S2. The molecular weight excluding hydrogens is 446 g/mol. The fourth-order valence-corrected chi connectivity index (χ4v) is 4.41. The molecule has 2 aromatic carbocycles. The molecule has 0 atom stereocenters. The Hall–Kier alpha value is -2.16. The zero-order valence-corrected chi connectivity index (χ0v) is 17.5. The van der Waals surface area contributed by atoms with Gasteiger partial charge >= 0.3 is 0 Å². The average Bonchev–Trinajstić information content (AvgIpc) is 3.37. The van der Waals surface area contributed by atoms with Gasteiger partial charge in [0.05, 0.1) is 18.4 Å². The van der Waals surface area contributed by atoms with Crippen molar-refractivity contribution in [2.45, 2.75) is 11.0 Å². The molecule has 2 heterocycles. The van der Waals surface area contributed by atoms with Gasteiger partial charge in [-0.05, 0) is 30.3 Å². The number of hydrogen-bond acceptors (Lipinski definition) is 7. The number of benzene rings is 2. The Morgan fingerprint density at radius 1 is 1.15 bits per heavy atom. The first-order chi connectivity index (χ1) is 13.2. The number of rotatable bonds is 6. The Balaban J connectivity index is 1.46. The molecule has 2 aromatic heterocycles. The predicted octanol–water partition coefficient (Wildman–Crippen LogP) is 5.92. The number of methoxy groups -OCH3 is 1. The molecule has 0 fully saturated rings. The fraction of sp³-hybridized carbons (Fsp3) is 0.105. The third-order valence-corrected chi connectivity index (χ3v) is 5.98. The summed E-state index contributed by atoms with van der Waals surface area (Å²) >= 11 is 6.56. The first-order valence-corrected chi connectivity index (χ1v) is 10.7. The van der Waals surface area contributed by atoms with E-state index in [-0.39, 0.29) is 0 Å². The zero-order chi connectivity index (χ0) is 18.6. The molecule has 136 valence electrons. The molecule has 0 radical (unpaired) electrons. The Bertz CT molecular complexity index is 1050.